The number of oxime groups is 1. The minimum Gasteiger partial charge on any atom is -0.491 e. The van der Waals surface area contributed by atoms with Crippen LogP contribution in [0.2, 0.25) is 5.02 Å². The SMILES string of the molecule is CC(C)(C)OC(=O)N[C@H]1CCCCC/C=C\[C@@H]2C[C@@]2(C(=O)NS(=O)(=O)C2CC2)NC(=O)[C@@H]2C[C@]3(CC(c4cc(Cl)c5c(c4)CCO5)=NO3)CN2C1=O. The molecule has 4 heterocycles. The van der Waals surface area contributed by atoms with Crippen molar-refractivity contribution in [2.24, 2.45) is 11.1 Å². The molecule has 4 amide bonds. The summed E-state index contributed by atoms with van der Waals surface area (Å²) in [6.07, 6.45) is 8.40. The lowest BCUT2D eigenvalue weighted by atomic mass is 9.91. The maximum atomic E-state index is 14.5. The normalized spacial score (nSPS) is 31.0. The van der Waals surface area contributed by atoms with Crippen LogP contribution in [-0.2, 0) is 40.4 Å². The number of carbonyl (C=O) groups excluding carboxylic acids is 4. The molecule has 3 N–H and O–H groups in total. The van der Waals surface area contributed by atoms with E-state index < -0.39 is 73.8 Å². The molecule has 5 atom stereocenters. The highest BCUT2D eigenvalue weighted by Gasteiger charge is 2.63. The van der Waals surface area contributed by atoms with Crippen LogP contribution in [0.1, 0.15) is 96.1 Å². The number of hydrogen-bond donors (Lipinski definition) is 3. The Morgan fingerprint density at radius 1 is 1.12 bits per heavy atom. The van der Waals surface area contributed by atoms with Gasteiger partial charge in [0, 0.05) is 30.7 Å². The second-order valence-electron chi connectivity index (χ2n) is 15.9. The molecule has 6 aliphatic rings. The number of halogens is 1. The first-order valence-corrected chi connectivity index (χ1v) is 20.1. The summed E-state index contributed by atoms with van der Waals surface area (Å²) in [4.78, 5) is 63.2. The van der Waals surface area contributed by atoms with Gasteiger partial charge < -0.3 is 29.8 Å². The lowest BCUT2D eigenvalue weighted by Crippen LogP contribution is -2.58. The molecule has 52 heavy (non-hydrogen) atoms. The Labute approximate surface area is 308 Å². The second-order valence-corrected chi connectivity index (χ2v) is 18.3. The van der Waals surface area contributed by atoms with Gasteiger partial charge in [-0.15, -0.1) is 0 Å². The number of amides is 4. The van der Waals surface area contributed by atoms with Gasteiger partial charge in [0.05, 0.1) is 29.1 Å². The third-order valence-corrected chi connectivity index (χ3v) is 12.7. The lowest BCUT2D eigenvalue weighted by molar-refractivity contribution is -0.141. The summed E-state index contributed by atoms with van der Waals surface area (Å²) in [5.74, 6) is -1.69. The monoisotopic (exact) mass is 759 g/mol. The third kappa shape index (κ3) is 7.48. The topological polar surface area (TPSA) is 182 Å². The molecule has 0 bridgehead atoms. The van der Waals surface area contributed by atoms with Crippen molar-refractivity contribution in [1.29, 1.82) is 0 Å². The molecule has 7 rings (SSSR count). The van der Waals surface area contributed by atoms with Crippen LogP contribution < -0.4 is 20.1 Å². The van der Waals surface area contributed by atoms with Crippen molar-refractivity contribution in [3.8, 4) is 5.75 Å². The first-order chi connectivity index (χ1) is 24.6. The Hall–Kier alpha value is -3.85. The highest BCUT2D eigenvalue weighted by Crippen LogP contribution is 2.47. The van der Waals surface area contributed by atoms with Gasteiger partial charge >= 0.3 is 6.09 Å². The van der Waals surface area contributed by atoms with Gasteiger partial charge in [0.1, 0.15) is 29.0 Å². The van der Waals surface area contributed by atoms with Crippen LogP contribution >= 0.6 is 11.6 Å². The number of alkyl carbamates (subject to hydrolysis) is 1. The molecule has 4 aliphatic heterocycles. The second kappa shape index (κ2) is 13.5. The summed E-state index contributed by atoms with van der Waals surface area (Å²) in [6, 6.07) is 1.59. The van der Waals surface area contributed by atoms with E-state index in [1.165, 1.54) is 4.90 Å². The Bertz CT molecular complexity index is 1840. The molecule has 14 nitrogen and oxygen atoms in total. The molecule has 0 radical (unpaired) electrons. The molecule has 2 aliphatic carbocycles. The van der Waals surface area contributed by atoms with Crippen LogP contribution in [0.5, 0.6) is 5.75 Å². The highest BCUT2D eigenvalue weighted by atomic mass is 35.5. The average Bonchev–Trinajstić information content (AvgIpc) is 3.89. The first kappa shape index (κ1) is 36.5. The number of nitrogens with zero attached hydrogens (tertiary/aromatic N) is 2. The Morgan fingerprint density at radius 2 is 1.90 bits per heavy atom. The lowest BCUT2D eigenvalue weighted by Gasteiger charge is -2.30. The zero-order valence-corrected chi connectivity index (χ0v) is 31.2. The third-order valence-electron chi connectivity index (χ3n) is 10.6. The van der Waals surface area contributed by atoms with Crippen molar-refractivity contribution in [3.05, 3.63) is 40.4 Å². The number of rotatable bonds is 5. The molecule has 282 valence electrons. The molecule has 1 saturated heterocycles. The van der Waals surface area contributed by atoms with E-state index in [1.54, 1.807) is 26.8 Å². The summed E-state index contributed by atoms with van der Waals surface area (Å²) >= 11 is 6.54. The number of hydrogen-bond acceptors (Lipinski definition) is 10. The van der Waals surface area contributed by atoms with Crippen molar-refractivity contribution in [3.63, 3.8) is 0 Å². The fourth-order valence-corrected chi connectivity index (χ4v) is 9.29. The van der Waals surface area contributed by atoms with Crippen LogP contribution in [0, 0.1) is 5.92 Å². The van der Waals surface area contributed by atoms with Crippen LogP contribution in [0.4, 0.5) is 4.79 Å². The molecule has 0 unspecified atom stereocenters. The molecular weight excluding hydrogens is 714 g/mol. The van der Waals surface area contributed by atoms with E-state index in [2.05, 4.69) is 20.5 Å². The molecule has 1 aromatic carbocycles. The number of fused-ring (bicyclic) bond motifs is 3. The van der Waals surface area contributed by atoms with Gasteiger partial charge in [-0.3, -0.25) is 19.1 Å². The molecule has 3 fully saturated rings. The minimum absolute atomic E-state index is 0.0240. The number of nitrogens with one attached hydrogen (secondary N) is 3. The van der Waals surface area contributed by atoms with Gasteiger partial charge in [-0.25, -0.2) is 13.2 Å². The van der Waals surface area contributed by atoms with Crippen LogP contribution in [0.15, 0.2) is 29.4 Å². The molecule has 0 aromatic heterocycles. The van der Waals surface area contributed by atoms with E-state index in [0.29, 0.717) is 61.6 Å². The van der Waals surface area contributed by atoms with Crippen molar-refractivity contribution >= 4 is 51.2 Å². The van der Waals surface area contributed by atoms with Crippen molar-refractivity contribution in [2.45, 2.75) is 125 Å². The maximum absolute atomic E-state index is 14.5. The summed E-state index contributed by atoms with van der Waals surface area (Å²) in [5, 5.41) is 9.88. The Morgan fingerprint density at radius 3 is 2.65 bits per heavy atom. The van der Waals surface area contributed by atoms with E-state index >= 15 is 0 Å². The first-order valence-electron chi connectivity index (χ1n) is 18.1. The molecular formula is C36H46ClN5O9S. The van der Waals surface area contributed by atoms with Crippen LogP contribution in [-0.4, -0.2) is 90.1 Å². The molecule has 16 heteroatoms. The maximum Gasteiger partial charge on any atom is 0.408 e. The van der Waals surface area contributed by atoms with E-state index in [-0.39, 0.29) is 25.8 Å². The predicted octanol–water partition coefficient (Wildman–Crippen LogP) is 3.64. The van der Waals surface area contributed by atoms with E-state index in [1.807, 2.05) is 18.2 Å². The highest BCUT2D eigenvalue weighted by molar-refractivity contribution is 7.91. The number of benzene rings is 1. The number of allylic oxidation sites excluding steroid dienone is 1. The molecule has 2 saturated carbocycles. The smallest absolute Gasteiger partial charge is 0.408 e. The van der Waals surface area contributed by atoms with Gasteiger partial charge in [0.2, 0.25) is 21.8 Å². The summed E-state index contributed by atoms with van der Waals surface area (Å²) < 4.78 is 39.0. The number of sulfonamides is 1. The zero-order chi connectivity index (χ0) is 37.1. The quantitative estimate of drug-likeness (QED) is 0.378. The van der Waals surface area contributed by atoms with Gasteiger partial charge in [-0.1, -0.05) is 41.8 Å². The standard InChI is InChI=1S/C36H46ClN5O9S/c1-34(2,3)50-33(46)38-26-10-8-6-4-5-7-9-23-17-36(23,32(45)41-52(47,48)24-11-12-24)39-30(43)28-19-35(20-42(28)31(26)44)18-27(40-51-35)22-15-21-13-14-49-29(21)25(37)16-22/h7,9,15-16,23-24,26,28H,4-6,8,10-14,17-20H2,1-3H3,(H,38,46)(H,39,43)(H,41,45)/b9-7-/t23-,26+,28+,35-,36-/m1/s1. The fourth-order valence-electron chi connectivity index (χ4n) is 7.63. The summed E-state index contributed by atoms with van der Waals surface area (Å²) in [5.41, 5.74) is -1.10. The summed E-state index contributed by atoms with van der Waals surface area (Å²) in [6.45, 7) is 5.69. The van der Waals surface area contributed by atoms with Crippen molar-refractivity contribution in [1.82, 2.24) is 20.3 Å². The van der Waals surface area contributed by atoms with E-state index in [9.17, 15) is 27.6 Å². The average molecular weight is 760 g/mol. The van der Waals surface area contributed by atoms with Crippen molar-refractivity contribution in [2.75, 3.05) is 13.2 Å². The van der Waals surface area contributed by atoms with Gasteiger partial charge in [-0.05, 0) is 77.0 Å². The zero-order valence-electron chi connectivity index (χ0n) is 29.7. The van der Waals surface area contributed by atoms with E-state index in [0.717, 1.165) is 24.0 Å². The largest absolute Gasteiger partial charge is 0.491 e. The fraction of sp³-hybridized carbons (Fsp3) is 0.639. The Balaban J connectivity index is 1.19. The molecule has 1 aromatic rings. The Kier molecular flexibility index (Phi) is 9.50. The van der Waals surface area contributed by atoms with E-state index in [4.69, 9.17) is 25.9 Å². The summed E-state index contributed by atoms with van der Waals surface area (Å²) in [7, 11) is -3.89. The van der Waals surface area contributed by atoms with Crippen LogP contribution in [0.25, 0.3) is 0 Å². The molecule has 1 spiro atoms. The number of carbonyl (C=O) groups is 4. The number of ether oxygens (including phenoxy) is 2. The van der Waals surface area contributed by atoms with Crippen LogP contribution in [0.3, 0.4) is 0 Å². The van der Waals surface area contributed by atoms with Crippen molar-refractivity contribution < 1.29 is 41.9 Å². The van der Waals surface area contributed by atoms with Gasteiger partial charge in [-0.2, -0.15) is 0 Å². The minimum atomic E-state index is -3.89. The van der Waals surface area contributed by atoms with Gasteiger partial charge in [0.15, 0.2) is 5.60 Å². The van der Waals surface area contributed by atoms with Gasteiger partial charge in [0.25, 0.3) is 5.91 Å². The predicted molar refractivity (Wildman–Crippen MR) is 190 cm³/mol.